The monoisotopic (exact) mass is 532 g/mol. The third-order valence-corrected chi connectivity index (χ3v) is 5.64. The SMILES string of the molecule is CCOC(=O)c1cc(C)[nH]c1/C=C1\C(=O)Nc2cnc(-c3ccccc3OCCNC(=O)OC(C)(C)C)cc21. The van der Waals surface area contributed by atoms with Crippen LogP contribution in [-0.2, 0) is 14.3 Å². The molecular weight excluding hydrogens is 500 g/mol. The van der Waals surface area contributed by atoms with Crippen LogP contribution in [0.4, 0.5) is 10.5 Å². The lowest BCUT2D eigenvalue weighted by molar-refractivity contribution is -0.110. The maximum absolute atomic E-state index is 12.9. The van der Waals surface area contributed by atoms with Crippen molar-refractivity contribution in [3.8, 4) is 17.0 Å². The molecule has 0 saturated carbocycles. The standard InChI is InChI=1S/C29H32N4O6/c1-6-37-27(35)21-13-17(2)32-23(21)15-20-19-14-22(31-16-24(19)33-26(20)34)18-9-7-8-10-25(18)38-12-11-30-28(36)39-29(3,4)5/h7-10,13-16,32H,6,11-12H2,1-5H3,(H,30,36)(H,33,34)/b20-15-. The molecular formula is C29H32N4O6. The second kappa shape index (κ2) is 11.4. The van der Waals surface area contributed by atoms with Gasteiger partial charge in [0.05, 0.1) is 47.6 Å². The summed E-state index contributed by atoms with van der Waals surface area (Å²) in [4.78, 5) is 44.9. The summed E-state index contributed by atoms with van der Waals surface area (Å²) in [6.07, 6.45) is 2.73. The van der Waals surface area contributed by atoms with Crippen molar-refractivity contribution in [2.45, 2.75) is 40.2 Å². The van der Waals surface area contributed by atoms with E-state index in [0.717, 1.165) is 11.3 Å². The molecule has 2 aromatic heterocycles. The lowest BCUT2D eigenvalue weighted by atomic mass is 10.0. The number of para-hydroxylation sites is 1. The number of alkyl carbamates (subject to hydrolysis) is 1. The van der Waals surface area contributed by atoms with Gasteiger partial charge in [0.15, 0.2) is 0 Å². The molecule has 4 rings (SSSR count). The Morgan fingerprint density at radius 2 is 1.90 bits per heavy atom. The van der Waals surface area contributed by atoms with Gasteiger partial charge in [-0.15, -0.1) is 0 Å². The maximum Gasteiger partial charge on any atom is 0.407 e. The first kappa shape index (κ1) is 27.4. The average Bonchev–Trinajstić information content (AvgIpc) is 3.39. The molecule has 0 bridgehead atoms. The van der Waals surface area contributed by atoms with Crippen LogP contribution in [0, 0.1) is 6.92 Å². The number of nitrogens with zero attached hydrogens (tertiary/aromatic N) is 1. The summed E-state index contributed by atoms with van der Waals surface area (Å²) in [7, 11) is 0. The van der Waals surface area contributed by atoms with Crippen LogP contribution in [0.3, 0.4) is 0 Å². The normalized spacial score (nSPS) is 13.6. The molecule has 0 fully saturated rings. The van der Waals surface area contributed by atoms with E-state index in [0.29, 0.717) is 39.5 Å². The molecule has 3 N–H and O–H groups in total. The van der Waals surface area contributed by atoms with E-state index in [1.807, 2.05) is 31.2 Å². The van der Waals surface area contributed by atoms with Crippen LogP contribution >= 0.6 is 0 Å². The van der Waals surface area contributed by atoms with Crippen molar-refractivity contribution in [3.63, 3.8) is 0 Å². The Labute approximate surface area is 226 Å². The van der Waals surface area contributed by atoms with Crippen molar-refractivity contribution >= 4 is 35.3 Å². The topological polar surface area (TPSA) is 132 Å². The molecule has 0 saturated heterocycles. The minimum atomic E-state index is -0.583. The lowest BCUT2D eigenvalue weighted by Crippen LogP contribution is -2.34. The van der Waals surface area contributed by atoms with E-state index < -0.39 is 17.7 Å². The minimum Gasteiger partial charge on any atom is -0.491 e. The number of esters is 1. The van der Waals surface area contributed by atoms with Gasteiger partial charge in [-0.1, -0.05) is 12.1 Å². The molecule has 204 valence electrons. The summed E-state index contributed by atoms with van der Waals surface area (Å²) in [6, 6.07) is 10.9. The summed E-state index contributed by atoms with van der Waals surface area (Å²) >= 11 is 0. The number of benzene rings is 1. The number of rotatable bonds is 8. The zero-order chi connectivity index (χ0) is 28.2. The van der Waals surface area contributed by atoms with Crippen LogP contribution < -0.4 is 15.4 Å². The molecule has 0 radical (unpaired) electrons. The van der Waals surface area contributed by atoms with Gasteiger partial charge >= 0.3 is 12.1 Å². The second-order valence-corrected chi connectivity index (χ2v) is 9.90. The van der Waals surface area contributed by atoms with Crippen molar-refractivity contribution in [1.29, 1.82) is 0 Å². The molecule has 0 spiro atoms. The molecule has 2 amide bonds. The van der Waals surface area contributed by atoms with Gasteiger partial charge in [0.2, 0.25) is 0 Å². The van der Waals surface area contributed by atoms with Crippen molar-refractivity contribution in [2.24, 2.45) is 0 Å². The number of pyridine rings is 1. The van der Waals surface area contributed by atoms with Crippen molar-refractivity contribution in [3.05, 3.63) is 65.1 Å². The first-order valence-corrected chi connectivity index (χ1v) is 12.6. The van der Waals surface area contributed by atoms with E-state index in [4.69, 9.17) is 14.2 Å². The van der Waals surface area contributed by atoms with Gasteiger partial charge in [0, 0.05) is 16.8 Å². The highest BCUT2D eigenvalue weighted by Gasteiger charge is 2.27. The number of aromatic amines is 1. The highest BCUT2D eigenvalue weighted by molar-refractivity contribution is 6.35. The number of carbonyl (C=O) groups excluding carboxylic acids is 3. The van der Waals surface area contributed by atoms with Crippen LogP contribution in [0.25, 0.3) is 22.9 Å². The molecule has 3 aromatic rings. The average molecular weight is 533 g/mol. The fourth-order valence-corrected chi connectivity index (χ4v) is 4.06. The molecule has 3 heterocycles. The van der Waals surface area contributed by atoms with E-state index in [1.165, 1.54) is 0 Å². The lowest BCUT2D eigenvalue weighted by Gasteiger charge is -2.19. The molecule has 1 aliphatic heterocycles. The van der Waals surface area contributed by atoms with Crippen LogP contribution in [0.5, 0.6) is 5.75 Å². The zero-order valence-electron chi connectivity index (χ0n) is 22.6. The zero-order valence-corrected chi connectivity index (χ0v) is 22.6. The number of aromatic nitrogens is 2. The van der Waals surface area contributed by atoms with Crippen molar-refractivity contribution in [2.75, 3.05) is 25.1 Å². The van der Waals surface area contributed by atoms with Gasteiger partial charge in [0.25, 0.3) is 5.91 Å². The predicted molar refractivity (Wildman–Crippen MR) is 147 cm³/mol. The number of ether oxygens (including phenoxy) is 3. The van der Waals surface area contributed by atoms with Crippen LogP contribution in [0.2, 0.25) is 0 Å². The Bertz CT molecular complexity index is 1430. The van der Waals surface area contributed by atoms with E-state index >= 15 is 0 Å². The predicted octanol–water partition coefficient (Wildman–Crippen LogP) is 4.96. The fraction of sp³-hybridized carbons (Fsp3) is 0.310. The summed E-state index contributed by atoms with van der Waals surface area (Å²) < 4.78 is 16.3. The van der Waals surface area contributed by atoms with Gasteiger partial charge < -0.3 is 29.8 Å². The molecule has 0 unspecified atom stereocenters. The van der Waals surface area contributed by atoms with Gasteiger partial charge in [-0.3, -0.25) is 9.78 Å². The van der Waals surface area contributed by atoms with Crippen LogP contribution in [0.15, 0.2) is 42.6 Å². The summed E-state index contributed by atoms with van der Waals surface area (Å²) in [6.45, 7) is 9.68. The van der Waals surface area contributed by atoms with E-state index in [-0.39, 0.29) is 25.7 Å². The largest absolute Gasteiger partial charge is 0.491 e. The first-order chi connectivity index (χ1) is 18.6. The number of anilines is 1. The third kappa shape index (κ3) is 6.64. The number of carbonyl (C=O) groups is 3. The van der Waals surface area contributed by atoms with Crippen molar-refractivity contribution in [1.82, 2.24) is 15.3 Å². The molecule has 10 heteroatoms. The molecule has 10 nitrogen and oxygen atoms in total. The van der Waals surface area contributed by atoms with Crippen LogP contribution in [-0.4, -0.2) is 53.3 Å². The Balaban J connectivity index is 1.57. The minimum absolute atomic E-state index is 0.217. The van der Waals surface area contributed by atoms with Gasteiger partial charge in [-0.2, -0.15) is 0 Å². The second-order valence-electron chi connectivity index (χ2n) is 9.90. The molecule has 39 heavy (non-hydrogen) atoms. The summed E-state index contributed by atoms with van der Waals surface area (Å²) in [5.74, 6) is -0.193. The first-order valence-electron chi connectivity index (χ1n) is 12.6. The fourth-order valence-electron chi connectivity index (χ4n) is 4.06. The van der Waals surface area contributed by atoms with Gasteiger partial charge in [-0.25, -0.2) is 9.59 Å². The van der Waals surface area contributed by atoms with Gasteiger partial charge in [-0.05, 0) is 65.0 Å². The van der Waals surface area contributed by atoms with E-state index in [1.54, 1.807) is 52.1 Å². The number of nitrogens with one attached hydrogen (secondary N) is 3. The van der Waals surface area contributed by atoms with Crippen LogP contribution in [0.1, 0.15) is 55.0 Å². The van der Waals surface area contributed by atoms with E-state index in [9.17, 15) is 14.4 Å². The number of amides is 2. The highest BCUT2D eigenvalue weighted by atomic mass is 16.6. The molecule has 1 aromatic carbocycles. The number of H-pyrrole nitrogens is 1. The number of fused-ring (bicyclic) bond motifs is 1. The molecule has 0 aliphatic carbocycles. The molecule has 0 atom stereocenters. The smallest absolute Gasteiger partial charge is 0.407 e. The maximum atomic E-state index is 12.9. The Morgan fingerprint density at radius 1 is 1.13 bits per heavy atom. The van der Waals surface area contributed by atoms with Crippen molar-refractivity contribution < 1.29 is 28.6 Å². The van der Waals surface area contributed by atoms with Gasteiger partial charge in [0.1, 0.15) is 18.0 Å². The summed E-state index contributed by atoms with van der Waals surface area (Å²) in [5, 5.41) is 5.49. The Kier molecular flexibility index (Phi) is 8.04. The Morgan fingerprint density at radius 3 is 2.64 bits per heavy atom. The summed E-state index contributed by atoms with van der Waals surface area (Å²) in [5.41, 5.74) is 3.95. The Hall–Kier alpha value is -4.60. The number of hydrogen-bond donors (Lipinski definition) is 3. The number of hydrogen-bond acceptors (Lipinski definition) is 7. The highest BCUT2D eigenvalue weighted by Crippen LogP contribution is 2.37. The van der Waals surface area contributed by atoms with E-state index in [2.05, 4.69) is 20.6 Å². The quantitative estimate of drug-likeness (QED) is 0.212. The third-order valence-electron chi connectivity index (χ3n) is 5.64. The molecule has 1 aliphatic rings. The number of aryl methyl sites for hydroxylation is 1.